The van der Waals surface area contributed by atoms with Gasteiger partial charge in [0.1, 0.15) is 6.42 Å². The van der Waals surface area contributed by atoms with Crippen LogP contribution >= 0.6 is 47.8 Å². The van der Waals surface area contributed by atoms with Crippen LogP contribution in [0.5, 0.6) is 5.75 Å². The highest BCUT2D eigenvalue weighted by atomic mass is 79.9. The number of carbonyl (C=O) groups excluding carboxylic acids is 4. The Bertz CT molecular complexity index is 666. The van der Waals surface area contributed by atoms with Crippen molar-refractivity contribution in [1.82, 2.24) is 5.06 Å². The molecule has 0 aromatic heterocycles. The van der Waals surface area contributed by atoms with Crippen LogP contribution in [0.15, 0.2) is 25.6 Å². The summed E-state index contributed by atoms with van der Waals surface area (Å²) in [6, 6.07) is 3.32. The van der Waals surface area contributed by atoms with E-state index in [0.717, 1.165) is 4.47 Å². The van der Waals surface area contributed by atoms with Crippen LogP contribution in [0, 0.1) is 0 Å². The molecule has 2 rings (SSSR count). The molecule has 0 radical (unpaired) electrons. The summed E-state index contributed by atoms with van der Waals surface area (Å²) in [6.45, 7) is 0. The first-order valence-corrected chi connectivity index (χ1v) is 8.57. The first-order valence-electron chi connectivity index (χ1n) is 6.19. The smallest absolute Gasteiger partial charge is 0.344 e. The van der Waals surface area contributed by atoms with Gasteiger partial charge in [0.05, 0.1) is 8.95 Å². The summed E-state index contributed by atoms with van der Waals surface area (Å²) in [5.74, 6) is -2.98. The van der Waals surface area contributed by atoms with E-state index in [-0.39, 0.29) is 18.6 Å². The summed E-state index contributed by atoms with van der Waals surface area (Å²) >= 11 is 9.73. The first kappa shape index (κ1) is 18.1. The van der Waals surface area contributed by atoms with Crippen molar-refractivity contribution in [2.24, 2.45) is 0 Å². The predicted octanol–water partition coefficient (Wildman–Crippen LogP) is 2.88. The first-order chi connectivity index (χ1) is 10.8. The lowest BCUT2D eigenvalue weighted by molar-refractivity contribution is -0.198. The highest BCUT2D eigenvalue weighted by Gasteiger charge is 2.33. The molecule has 1 saturated heterocycles. The second-order valence-electron chi connectivity index (χ2n) is 4.39. The molecule has 23 heavy (non-hydrogen) atoms. The van der Waals surface area contributed by atoms with E-state index < -0.39 is 30.2 Å². The van der Waals surface area contributed by atoms with Gasteiger partial charge in [-0.1, -0.05) is 15.9 Å². The zero-order chi connectivity index (χ0) is 17.1. The van der Waals surface area contributed by atoms with Gasteiger partial charge in [-0.05, 0) is 44.0 Å². The Labute approximate surface area is 155 Å². The third-order valence-electron chi connectivity index (χ3n) is 2.67. The minimum Gasteiger partial charge on any atom is -0.424 e. The fourth-order valence-corrected chi connectivity index (χ4v) is 4.11. The lowest BCUT2D eigenvalue weighted by atomic mass is 10.3. The monoisotopic (exact) mass is 511 g/mol. The lowest BCUT2D eigenvalue weighted by Crippen LogP contribution is -2.33. The van der Waals surface area contributed by atoms with Crippen molar-refractivity contribution in [2.75, 3.05) is 0 Å². The topological polar surface area (TPSA) is 90.0 Å². The van der Waals surface area contributed by atoms with Crippen molar-refractivity contribution in [3.8, 4) is 5.75 Å². The lowest BCUT2D eigenvalue weighted by Gasteiger charge is -2.13. The normalized spacial score (nSPS) is 14.1. The van der Waals surface area contributed by atoms with Gasteiger partial charge < -0.3 is 9.57 Å². The van der Waals surface area contributed by atoms with Gasteiger partial charge >= 0.3 is 11.9 Å². The molecule has 0 saturated carbocycles. The zero-order valence-electron chi connectivity index (χ0n) is 11.3. The van der Waals surface area contributed by atoms with Crippen LogP contribution in [0.25, 0.3) is 0 Å². The number of halogens is 3. The molecule has 1 heterocycles. The molecule has 1 aromatic rings. The molecule has 1 fully saturated rings. The Kier molecular flexibility index (Phi) is 5.93. The average molecular weight is 514 g/mol. The van der Waals surface area contributed by atoms with Crippen LogP contribution in [0.2, 0.25) is 0 Å². The summed E-state index contributed by atoms with van der Waals surface area (Å²) in [5.41, 5.74) is 0. The van der Waals surface area contributed by atoms with Crippen LogP contribution in [-0.2, 0) is 24.0 Å². The van der Waals surface area contributed by atoms with E-state index in [1.807, 2.05) is 0 Å². The van der Waals surface area contributed by atoms with Gasteiger partial charge in [-0.2, -0.15) is 0 Å². The van der Waals surface area contributed by atoms with Gasteiger partial charge in [-0.3, -0.25) is 14.4 Å². The van der Waals surface area contributed by atoms with Gasteiger partial charge in [-0.15, -0.1) is 5.06 Å². The zero-order valence-corrected chi connectivity index (χ0v) is 16.1. The van der Waals surface area contributed by atoms with Gasteiger partial charge in [0.15, 0.2) is 5.75 Å². The molecule has 0 N–H and O–H groups in total. The number of hydroxylamine groups is 2. The van der Waals surface area contributed by atoms with Crippen LogP contribution in [0.1, 0.15) is 19.3 Å². The van der Waals surface area contributed by atoms with Crippen LogP contribution in [0.4, 0.5) is 0 Å². The Morgan fingerprint density at radius 3 is 2.04 bits per heavy atom. The van der Waals surface area contributed by atoms with Gasteiger partial charge in [0.2, 0.25) is 0 Å². The molecule has 0 aliphatic carbocycles. The Hall–Kier alpha value is -1.26. The third-order valence-corrected chi connectivity index (χ3v) is 4.30. The molecule has 0 atom stereocenters. The summed E-state index contributed by atoms with van der Waals surface area (Å²) in [4.78, 5) is 50.6. The molecule has 122 valence electrons. The number of amides is 2. The van der Waals surface area contributed by atoms with Crippen LogP contribution in [-0.4, -0.2) is 28.8 Å². The summed E-state index contributed by atoms with van der Waals surface area (Å²) in [5, 5.41) is 0.376. The Morgan fingerprint density at radius 2 is 1.52 bits per heavy atom. The maximum Gasteiger partial charge on any atom is 0.344 e. The minimum atomic E-state index is -1.05. The van der Waals surface area contributed by atoms with E-state index in [2.05, 4.69) is 52.6 Å². The molecule has 7 nitrogen and oxygen atoms in total. The largest absolute Gasteiger partial charge is 0.424 e. The van der Waals surface area contributed by atoms with E-state index in [1.54, 1.807) is 12.1 Å². The fraction of sp³-hybridized carbons (Fsp3) is 0.231. The minimum absolute atomic E-state index is 0.0185. The summed E-state index contributed by atoms with van der Waals surface area (Å²) < 4.78 is 6.81. The molecule has 0 unspecified atom stereocenters. The third kappa shape index (κ3) is 4.61. The number of ether oxygens (including phenoxy) is 1. The van der Waals surface area contributed by atoms with E-state index >= 15 is 0 Å². The maximum atomic E-state index is 11.8. The summed E-state index contributed by atoms with van der Waals surface area (Å²) in [6.07, 6.45) is -0.781. The SMILES string of the molecule is O=C(CC(=O)ON1C(=O)CCC1=O)Oc1c(Br)cc(Br)cc1Br. The number of carbonyl (C=O) groups is 4. The van der Waals surface area contributed by atoms with Crippen LogP contribution in [0.3, 0.4) is 0 Å². The molecule has 0 bridgehead atoms. The molecule has 0 spiro atoms. The number of benzene rings is 1. The fourth-order valence-electron chi connectivity index (χ4n) is 1.69. The Morgan fingerprint density at radius 1 is 1.00 bits per heavy atom. The van der Waals surface area contributed by atoms with Gasteiger partial charge in [0, 0.05) is 17.3 Å². The number of hydrogen-bond donors (Lipinski definition) is 0. The van der Waals surface area contributed by atoms with Crippen molar-refractivity contribution >= 4 is 71.5 Å². The second-order valence-corrected chi connectivity index (χ2v) is 7.02. The van der Waals surface area contributed by atoms with Crippen molar-refractivity contribution < 1.29 is 28.8 Å². The standard InChI is InChI=1S/C13H8Br3NO6/c14-6-3-7(15)13(8(16)4-6)22-11(20)5-12(21)23-17-9(18)1-2-10(17)19/h3-4H,1-2,5H2. The van der Waals surface area contributed by atoms with Crippen molar-refractivity contribution in [1.29, 1.82) is 0 Å². The second kappa shape index (κ2) is 7.54. The predicted molar refractivity (Wildman–Crippen MR) is 87.0 cm³/mol. The van der Waals surface area contributed by atoms with Crippen LogP contribution < -0.4 is 4.74 Å². The van der Waals surface area contributed by atoms with E-state index in [1.165, 1.54) is 0 Å². The van der Waals surface area contributed by atoms with E-state index in [4.69, 9.17) is 4.74 Å². The quantitative estimate of drug-likeness (QED) is 0.266. The molecule has 1 aliphatic heterocycles. The molecule has 10 heteroatoms. The van der Waals surface area contributed by atoms with Gasteiger partial charge in [-0.25, -0.2) is 4.79 Å². The van der Waals surface area contributed by atoms with Gasteiger partial charge in [0.25, 0.3) is 11.8 Å². The number of esters is 1. The number of rotatable bonds is 4. The molecular weight excluding hydrogens is 506 g/mol. The maximum absolute atomic E-state index is 11.8. The molecular formula is C13H8Br3NO6. The number of nitrogens with zero attached hydrogens (tertiary/aromatic N) is 1. The van der Waals surface area contributed by atoms with E-state index in [9.17, 15) is 19.2 Å². The number of imide groups is 1. The van der Waals surface area contributed by atoms with E-state index in [0.29, 0.717) is 14.0 Å². The molecule has 2 amide bonds. The summed E-state index contributed by atoms with van der Waals surface area (Å²) in [7, 11) is 0. The number of hydrogen-bond acceptors (Lipinski definition) is 6. The van der Waals surface area contributed by atoms with Crippen molar-refractivity contribution in [3.63, 3.8) is 0 Å². The van der Waals surface area contributed by atoms with Crippen molar-refractivity contribution in [2.45, 2.75) is 19.3 Å². The Balaban J connectivity index is 1.96. The highest BCUT2D eigenvalue weighted by Crippen LogP contribution is 2.36. The molecule has 1 aliphatic rings. The highest BCUT2D eigenvalue weighted by molar-refractivity contribution is 9.11. The van der Waals surface area contributed by atoms with Crippen molar-refractivity contribution in [3.05, 3.63) is 25.6 Å². The molecule has 1 aromatic carbocycles. The average Bonchev–Trinajstić information content (AvgIpc) is 2.74.